The van der Waals surface area contributed by atoms with E-state index >= 15 is 0 Å². The van der Waals surface area contributed by atoms with E-state index in [1.54, 1.807) is 13.2 Å². The highest BCUT2D eigenvalue weighted by atomic mass is 35.5. The molecule has 2 heterocycles. The van der Waals surface area contributed by atoms with Crippen LogP contribution in [0.4, 0.5) is 5.69 Å². The highest BCUT2D eigenvalue weighted by molar-refractivity contribution is 6.33. The van der Waals surface area contributed by atoms with E-state index in [4.69, 9.17) is 11.6 Å². The number of nitrogens with one attached hydrogen (secondary N) is 2. The molecule has 7 nitrogen and oxygen atoms in total. The Hall–Kier alpha value is -1.60. The van der Waals surface area contributed by atoms with Gasteiger partial charge in [-0.25, -0.2) is 4.68 Å². The van der Waals surface area contributed by atoms with Crippen LogP contribution < -0.4 is 21.1 Å². The maximum atomic E-state index is 12.0. The van der Waals surface area contributed by atoms with E-state index in [2.05, 4.69) is 15.7 Å². The van der Waals surface area contributed by atoms with Crippen molar-refractivity contribution < 1.29 is 4.79 Å². The van der Waals surface area contributed by atoms with Crippen molar-refractivity contribution >= 4 is 23.2 Å². The van der Waals surface area contributed by atoms with Gasteiger partial charge in [-0.05, 0) is 6.92 Å². The van der Waals surface area contributed by atoms with Gasteiger partial charge in [-0.3, -0.25) is 9.59 Å². The molecular weight excluding hydrogens is 282 g/mol. The lowest BCUT2D eigenvalue weighted by molar-refractivity contribution is -0.122. The highest BCUT2D eigenvalue weighted by Gasteiger charge is 2.30. The Morgan fingerprint density at radius 1 is 1.65 bits per heavy atom. The minimum absolute atomic E-state index is 0.109. The van der Waals surface area contributed by atoms with Crippen LogP contribution in [0.2, 0.25) is 5.02 Å². The molecule has 1 unspecified atom stereocenters. The van der Waals surface area contributed by atoms with Gasteiger partial charge in [-0.15, -0.1) is 0 Å². The van der Waals surface area contributed by atoms with Crippen molar-refractivity contribution in [3.8, 4) is 0 Å². The first-order chi connectivity index (χ1) is 9.60. The van der Waals surface area contributed by atoms with E-state index in [1.807, 2.05) is 11.8 Å². The smallest absolute Gasteiger partial charge is 0.287 e. The van der Waals surface area contributed by atoms with Crippen molar-refractivity contribution in [3.05, 3.63) is 21.6 Å². The molecule has 2 rings (SSSR count). The number of nitrogens with zero attached hydrogens (tertiary/aromatic N) is 3. The first kappa shape index (κ1) is 14.8. The molecule has 0 saturated carbocycles. The second-order valence-corrected chi connectivity index (χ2v) is 4.87. The van der Waals surface area contributed by atoms with E-state index in [0.29, 0.717) is 25.3 Å². The topological polar surface area (TPSA) is 79.3 Å². The summed E-state index contributed by atoms with van der Waals surface area (Å²) >= 11 is 6.16. The van der Waals surface area contributed by atoms with Crippen molar-refractivity contribution in [1.29, 1.82) is 0 Å². The van der Waals surface area contributed by atoms with E-state index in [-0.39, 0.29) is 16.5 Å². The van der Waals surface area contributed by atoms with Gasteiger partial charge in [0.15, 0.2) is 0 Å². The number of piperazine rings is 1. The Kier molecular flexibility index (Phi) is 4.61. The summed E-state index contributed by atoms with van der Waals surface area (Å²) in [4.78, 5) is 25.8. The summed E-state index contributed by atoms with van der Waals surface area (Å²) in [5.74, 6) is -0.118. The summed E-state index contributed by atoms with van der Waals surface area (Å²) in [7, 11) is 1.59. The fourth-order valence-corrected chi connectivity index (χ4v) is 2.53. The molecular formula is C12H18ClN5O2. The summed E-state index contributed by atoms with van der Waals surface area (Å²) < 4.78 is 1.29. The molecule has 110 valence electrons. The van der Waals surface area contributed by atoms with Crippen LogP contribution in [-0.4, -0.2) is 48.4 Å². The number of anilines is 1. The third-order valence-electron chi connectivity index (χ3n) is 3.37. The Morgan fingerprint density at radius 2 is 2.40 bits per heavy atom. The molecule has 1 saturated heterocycles. The maximum absolute atomic E-state index is 12.0. The second kappa shape index (κ2) is 6.23. The first-order valence-electron chi connectivity index (χ1n) is 6.54. The summed E-state index contributed by atoms with van der Waals surface area (Å²) in [6, 6.07) is -0.398. The number of aryl methyl sites for hydroxylation is 1. The zero-order chi connectivity index (χ0) is 14.7. The van der Waals surface area contributed by atoms with E-state index in [9.17, 15) is 9.59 Å². The summed E-state index contributed by atoms with van der Waals surface area (Å²) in [5, 5.41) is 9.97. The molecule has 1 aliphatic rings. The number of carbonyl (C=O) groups is 1. The maximum Gasteiger partial charge on any atom is 0.287 e. The average Bonchev–Trinajstić information content (AvgIpc) is 2.49. The fourth-order valence-electron chi connectivity index (χ4n) is 2.28. The molecule has 1 aliphatic heterocycles. The predicted octanol–water partition coefficient (Wildman–Crippen LogP) is -0.559. The molecule has 1 atom stereocenters. The molecule has 0 aromatic carbocycles. The van der Waals surface area contributed by atoms with Crippen LogP contribution in [0.15, 0.2) is 11.0 Å². The van der Waals surface area contributed by atoms with E-state index in [0.717, 1.165) is 6.54 Å². The van der Waals surface area contributed by atoms with Crippen molar-refractivity contribution in [2.45, 2.75) is 19.5 Å². The Bertz CT molecular complexity index is 559. The number of rotatable bonds is 3. The molecule has 20 heavy (non-hydrogen) atoms. The molecule has 1 aromatic heterocycles. The lowest BCUT2D eigenvalue weighted by Crippen LogP contribution is -2.58. The summed E-state index contributed by atoms with van der Waals surface area (Å²) in [5.41, 5.74) is 0.178. The van der Waals surface area contributed by atoms with Gasteiger partial charge in [0, 0.05) is 33.2 Å². The van der Waals surface area contributed by atoms with Crippen LogP contribution in [0.3, 0.4) is 0 Å². The van der Waals surface area contributed by atoms with Crippen molar-refractivity contribution in [1.82, 2.24) is 20.4 Å². The largest absolute Gasteiger partial charge is 0.357 e. The molecule has 1 amide bonds. The normalized spacial score (nSPS) is 18.9. The van der Waals surface area contributed by atoms with Crippen LogP contribution in [-0.2, 0) is 11.3 Å². The van der Waals surface area contributed by atoms with Gasteiger partial charge >= 0.3 is 0 Å². The van der Waals surface area contributed by atoms with Gasteiger partial charge in [0.25, 0.3) is 5.56 Å². The minimum Gasteiger partial charge on any atom is -0.357 e. The Labute approximate surface area is 121 Å². The number of amides is 1. The number of hydrogen-bond donors (Lipinski definition) is 2. The molecule has 0 radical (unpaired) electrons. The highest BCUT2D eigenvalue weighted by Crippen LogP contribution is 2.24. The molecule has 0 bridgehead atoms. The molecule has 0 spiro atoms. The van der Waals surface area contributed by atoms with Gasteiger partial charge in [0.05, 0.1) is 11.9 Å². The van der Waals surface area contributed by atoms with Gasteiger partial charge in [0.1, 0.15) is 11.1 Å². The number of likely N-dealkylation sites (N-methyl/N-ethyl adjacent to an activating group) is 1. The first-order valence-corrected chi connectivity index (χ1v) is 6.92. The van der Waals surface area contributed by atoms with Crippen molar-refractivity contribution in [2.24, 2.45) is 0 Å². The van der Waals surface area contributed by atoms with Crippen LogP contribution in [0.25, 0.3) is 0 Å². The average molecular weight is 300 g/mol. The standard InChI is InChI=1S/C12H18ClN5O2/c1-3-18-12(20)10(13)8(7-16-18)17-5-4-15-6-9(17)11(19)14-2/h7,9,15H,3-6H2,1-2H3,(H,14,19). The van der Waals surface area contributed by atoms with Crippen LogP contribution in [0, 0.1) is 0 Å². The molecule has 8 heteroatoms. The SMILES string of the molecule is CCn1ncc(N2CCNCC2C(=O)NC)c(Cl)c1=O. The summed E-state index contributed by atoms with van der Waals surface area (Å²) in [6.45, 7) is 4.10. The lowest BCUT2D eigenvalue weighted by atomic mass is 10.1. The molecule has 1 aromatic rings. The fraction of sp³-hybridized carbons (Fsp3) is 0.583. The molecule has 0 aliphatic carbocycles. The number of carbonyl (C=O) groups excluding carboxylic acids is 1. The number of hydrogen-bond acceptors (Lipinski definition) is 5. The van der Waals surface area contributed by atoms with Gasteiger partial charge in [-0.2, -0.15) is 5.10 Å². The molecule has 1 fully saturated rings. The van der Waals surface area contributed by atoms with Gasteiger partial charge in [0.2, 0.25) is 5.91 Å². The number of aromatic nitrogens is 2. The van der Waals surface area contributed by atoms with Crippen molar-refractivity contribution in [3.63, 3.8) is 0 Å². The van der Waals surface area contributed by atoms with E-state index < -0.39 is 6.04 Å². The monoisotopic (exact) mass is 299 g/mol. The van der Waals surface area contributed by atoms with Crippen LogP contribution >= 0.6 is 11.6 Å². The minimum atomic E-state index is -0.398. The van der Waals surface area contributed by atoms with E-state index in [1.165, 1.54) is 4.68 Å². The Balaban J connectivity index is 2.40. The van der Waals surface area contributed by atoms with Crippen molar-refractivity contribution in [2.75, 3.05) is 31.6 Å². The number of halogens is 1. The third kappa shape index (κ3) is 2.64. The van der Waals surface area contributed by atoms with Gasteiger partial charge in [-0.1, -0.05) is 11.6 Å². The predicted molar refractivity (Wildman–Crippen MR) is 77.3 cm³/mol. The molecule has 2 N–H and O–H groups in total. The zero-order valence-corrected chi connectivity index (χ0v) is 12.3. The Morgan fingerprint density at radius 3 is 3.05 bits per heavy atom. The van der Waals surface area contributed by atoms with Crippen LogP contribution in [0.1, 0.15) is 6.92 Å². The zero-order valence-electron chi connectivity index (χ0n) is 11.5. The summed E-state index contributed by atoms with van der Waals surface area (Å²) in [6.07, 6.45) is 1.55. The van der Waals surface area contributed by atoms with Crippen LogP contribution in [0.5, 0.6) is 0 Å². The third-order valence-corrected chi connectivity index (χ3v) is 3.72. The second-order valence-electron chi connectivity index (χ2n) is 4.49. The quantitative estimate of drug-likeness (QED) is 0.782. The lowest BCUT2D eigenvalue weighted by Gasteiger charge is -2.36. The van der Waals surface area contributed by atoms with Gasteiger partial charge < -0.3 is 15.5 Å².